The van der Waals surface area contributed by atoms with Crippen molar-refractivity contribution in [3.05, 3.63) is 59.9 Å². The molecule has 0 bridgehead atoms. The first-order chi connectivity index (χ1) is 11.3. The van der Waals surface area contributed by atoms with Crippen LogP contribution in [0.3, 0.4) is 0 Å². The van der Waals surface area contributed by atoms with Crippen molar-refractivity contribution in [3.63, 3.8) is 0 Å². The first kappa shape index (κ1) is 15.1. The van der Waals surface area contributed by atoms with E-state index in [9.17, 15) is 10.1 Å². The van der Waals surface area contributed by atoms with E-state index in [0.717, 1.165) is 11.3 Å². The van der Waals surface area contributed by atoms with E-state index in [-0.39, 0.29) is 11.5 Å². The second-order valence-corrected chi connectivity index (χ2v) is 5.26. The zero-order valence-electron chi connectivity index (χ0n) is 12.7. The summed E-state index contributed by atoms with van der Waals surface area (Å²) in [5.41, 5.74) is 2.01. The van der Waals surface area contributed by atoms with E-state index in [2.05, 4.69) is 0 Å². The number of benzene rings is 1. The van der Waals surface area contributed by atoms with E-state index < -0.39 is 0 Å². The van der Waals surface area contributed by atoms with Crippen LogP contribution in [0.1, 0.15) is 5.56 Å². The highest BCUT2D eigenvalue weighted by atomic mass is 16.5. The van der Waals surface area contributed by atoms with E-state index in [4.69, 9.17) is 4.74 Å². The molecular formula is C18H17N3O2. The van der Waals surface area contributed by atoms with Gasteiger partial charge in [-0.1, -0.05) is 18.2 Å². The van der Waals surface area contributed by atoms with Crippen LogP contribution in [0.4, 0.5) is 0 Å². The van der Waals surface area contributed by atoms with Gasteiger partial charge in [0.05, 0.1) is 13.2 Å². The monoisotopic (exact) mass is 307 g/mol. The van der Waals surface area contributed by atoms with Gasteiger partial charge < -0.3 is 14.2 Å². The molecule has 1 saturated heterocycles. The van der Waals surface area contributed by atoms with Crippen molar-refractivity contribution in [2.45, 2.75) is 0 Å². The quantitative estimate of drug-likeness (QED) is 0.645. The molecule has 5 heteroatoms. The summed E-state index contributed by atoms with van der Waals surface area (Å²) < 4.78 is 7.19. The van der Waals surface area contributed by atoms with Gasteiger partial charge in [0.15, 0.2) is 0 Å². The van der Waals surface area contributed by atoms with Crippen molar-refractivity contribution < 1.29 is 9.53 Å². The van der Waals surface area contributed by atoms with Gasteiger partial charge in [-0.15, -0.1) is 0 Å². The van der Waals surface area contributed by atoms with Crippen molar-refractivity contribution >= 4 is 12.0 Å². The van der Waals surface area contributed by atoms with Crippen LogP contribution in [0.25, 0.3) is 11.8 Å². The molecule has 23 heavy (non-hydrogen) atoms. The molecule has 0 radical (unpaired) electrons. The number of hydrogen-bond acceptors (Lipinski definition) is 3. The average Bonchev–Trinajstić information content (AvgIpc) is 3.09. The summed E-state index contributed by atoms with van der Waals surface area (Å²) in [4.78, 5) is 14.0. The summed E-state index contributed by atoms with van der Waals surface area (Å²) >= 11 is 0. The van der Waals surface area contributed by atoms with Gasteiger partial charge in [0.1, 0.15) is 11.6 Å². The highest BCUT2D eigenvalue weighted by molar-refractivity contribution is 6.01. The van der Waals surface area contributed by atoms with Crippen LogP contribution in [-0.2, 0) is 9.53 Å². The van der Waals surface area contributed by atoms with Gasteiger partial charge in [-0.2, -0.15) is 5.26 Å². The Morgan fingerprint density at radius 1 is 1.17 bits per heavy atom. The SMILES string of the molecule is N#C/C(=C\c1ccn(-c2ccccc2)c1)C(=O)N1CCOCC1. The molecule has 1 aliphatic heterocycles. The Morgan fingerprint density at radius 3 is 2.61 bits per heavy atom. The maximum atomic E-state index is 12.4. The molecule has 2 heterocycles. The Kier molecular flexibility index (Phi) is 4.55. The summed E-state index contributed by atoms with van der Waals surface area (Å²) in [7, 11) is 0. The molecule has 3 rings (SSSR count). The molecule has 1 aromatic carbocycles. The fourth-order valence-corrected chi connectivity index (χ4v) is 2.50. The van der Waals surface area contributed by atoms with Crippen molar-refractivity contribution in [1.82, 2.24) is 9.47 Å². The normalized spacial score (nSPS) is 15.3. The number of hydrogen-bond donors (Lipinski definition) is 0. The fraction of sp³-hybridized carbons (Fsp3) is 0.222. The van der Waals surface area contributed by atoms with Gasteiger partial charge in [0.2, 0.25) is 0 Å². The topological polar surface area (TPSA) is 58.3 Å². The summed E-state index contributed by atoms with van der Waals surface area (Å²) in [6.07, 6.45) is 5.45. The third-order valence-electron chi connectivity index (χ3n) is 3.73. The number of para-hydroxylation sites is 1. The van der Waals surface area contributed by atoms with Crippen molar-refractivity contribution in [3.8, 4) is 11.8 Å². The second-order valence-electron chi connectivity index (χ2n) is 5.26. The largest absolute Gasteiger partial charge is 0.378 e. The molecule has 0 N–H and O–H groups in total. The van der Waals surface area contributed by atoms with Crippen LogP contribution in [-0.4, -0.2) is 41.7 Å². The van der Waals surface area contributed by atoms with E-state index in [1.165, 1.54) is 0 Å². The van der Waals surface area contributed by atoms with Gasteiger partial charge in [0, 0.05) is 31.2 Å². The molecule has 0 unspecified atom stereocenters. The molecule has 5 nitrogen and oxygen atoms in total. The number of nitrogens with zero attached hydrogens (tertiary/aromatic N) is 3. The highest BCUT2D eigenvalue weighted by Crippen LogP contribution is 2.14. The number of ether oxygens (including phenoxy) is 1. The Labute approximate surface area is 135 Å². The van der Waals surface area contributed by atoms with Gasteiger partial charge in [-0.3, -0.25) is 4.79 Å². The Balaban J connectivity index is 1.80. The number of amides is 1. The van der Waals surface area contributed by atoms with Crippen LogP contribution in [0.2, 0.25) is 0 Å². The summed E-state index contributed by atoms with van der Waals surface area (Å²) in [5.74, 6) is -0.233. The van der Waals surface area contributed by atoms with Crippen LogP contribution >= 0.6 is 0 Å². The predicted molar refractivity (Wildman–Crippen MR) is 86.8 cm³/mol. The van der Waals surface area contributed by atoms with Gasteiger partial charge >= 0.3 is 0 Å². The predicted octanol–water partition coefficient (Wildman–Crippen LogP) is 2.24. The molecule has 1 amide bonds. The van der Waals surface area contributed by atoms with Crippen LogP contribution in [0.5, 0.6) is 0 Å². The van der Waals surface area contributed by atoms with Crippen molar-refractivity contribution in [2.75, 3.05) is 26.3 Å². The Morgan fingerprint density at radius 2 is 1.91 bits per heavy atom. The molecule has 0 atom stereocenters. The molecule has 1 aromatic heterocycles. The maximum absolute atomic E-state index is 12.4. The minimum atomic E-state index is -0.233. The molecule has 0 spiro atoms. The molecule has 2 aromatic rings. The van der Waals surface area contributed by atoms with Gasteiger partial charge in [-0.25, -0.2) is 0 Å². The highest BCUT2D eigenvalue weighted by Gasteiger charge is 2.20. The number of carbonyl (C=O) groups is 1. The lowest BCUT2D eigenvalue weighted by Crippen LogP contribution is -2.41. The minimum Gasteiger partial charge on any atom is -0.378 e. The van der Waals surface area contributed by atoms with Crippen LogP contribution in [0.15, 0.2) is 54.4 Å². The van der Waals surface area contributed by atoms with E-state index in [1.807, 2.05) is 59.4 Å². The fourth-order valence-electron chi connectivity index (χ4n) is 2.50. The molecular weight excluding hydrogens is 290 g/mol. The Hall–Kier alpha value is -2.84. The number of aromatic nitrogens is 1. The maximum Gasteiger partial charge on any atom is 0.264 e. The smallest absolute Gasteiger partial charge is 0.264 e. The van der Waals surface area contributed by atoms with Gasteiger partial charge in [0.25, 0.3) is 5.91 Å². The second kappa shape index (κ2) is 6.95. The number of morpholine rings is 1. The standard InChI is InChI=1S/C18H17N3O2/c19-13-16(18(22)20-8-10-23-11-9-20)12-15-6-7-21(14-15)17-4-2-1-3-5-17/h1-7,12,14H,8-11H2/b16-12+. The first-order valence-corrected chi connectivity index (χ1v) is 7.50. The van der Waals surface area contributed by atoms with E-state index >= 15 is 0 Å². The zero-order valence-corrected chi connectivity index (χ0v) is 12.7. The van der Waals surface area contributed by atoms with Crippen molar-refractivity contribution in [2.24, 2.45) is 0 Å². The molecule has 1 aliphatic rings. The third-order valence-corrected chi connectivity index (χ3v) is 3.73. The minimum absolute atomic E-state index is 0.151. The number of nitriles is 1. The first-order valence-electron chi connectivity index (χ1n) is 7.50. The zero-order chi connectivity index (χ0) is 16.1. The third kappa shape index (κ3) is 3.50. The number of rotatable bonds is 3. The Bertz CT molecular complexity index is 750. The lowest BCUT2D eigenvalue weighted by molar-refractivity contribution is -0.130. The van der Waals surface area contributed by atoms with E-state index in [1.54, 1.807) is 11.0 Å². The van der Waals surface area contributed by atoms with Crippen molar-refractivity contribution in [1.29, 1.82) is 5.26 Å². The van der Waals surface area contributed by atoms with Crippen LogP contribution in [0, 0.1) is 11.3 Å². The molecule has 0 aliphatic carbocycles. The molecule has 116 valence electrons. The summed E-state index contributed by atoms with van der Waals surface area (Å²) in [6, 6.07) is 13.8. The average molecular weight is 307 g/mol. The van der Waals surface area contributed by atoms with Gasteiger partial charge in [-0.05, 0) is 29.8 Å². The number of carbonyl (C=O) groups excluding carboxylic acids is 1. The lowest BCUT2D eigenvalue weighted by Gasteiger charge is -2.26. The van der Waals surface area contributed by atoms with E-state index in [0.29, 0.717) is 26.3 Å². The molecule has 1 fully saturated rings. The lowest BCUT2D eigenvalue weighted by atomic mass is 10.1. The summed E-state index contributed by atoms with van der Waals surface area (Å²) in [5, 5.41) is 9.31. The summed E-state index contributed by atoms with van der Waals surface area (Å²) in [6.45, 7) is 2.11. The molecule has 0 saturated carbocycles. The van der Waals surface area contributed by atoms with Crippen LogP contribution < -0.4 is 0 Å².